The second-order valence-electron chi connectivity index (χ2n) is 5.90. The summed E-state index contributed by atoms with van der Waals surface area (Å²) in [4.78, 5) is 16.7. The number of hydrogen-bond acceptors (Lipinski definition) is 5. The number of amides is 1. The predicted molar refractivity (Wildman–Crippen MR) is 103 cm³/mol. The molecule has 0 fully saturated rings. The summed E-state index contributed by atoms with van der Waals surface area (Å²) < 4.78 is 24.0. The third-order valence-electron chi connectivity index (χ3n) is 3.76. The zero-order valence-electron chi connectivity index (χ0n) is 15.0. The molecule has 0 aliphatic rings. The molecule has 0 radical (unpaired) electrons. The number of rotatable bonds is 7. The van der Waals surface area contributed by atoms with E-state index < -0.39 is 5.82 Å². The number of aryl methyl sites for hydroxylation is 1. The molecule has 2 aromatic carbocycles. The molecule has 5 nitrogen and oxygen atoms in total. The van der Waals surface area contributed by atoms with Crippen LogP contribution in [0.3, 0.4) is 0 Å². The molecule has 1 N–H and O–H groups in total. The lowest BCUT2D eigenvalue weighted by Crippen LogP contribution is -2.15. The highest BCUT2D eigenvalue weighted by Crippen LogP contribution is 2.25. The molecule has 0 saturated carbocycles. The zero-order valence-corrected chi connectivity index (χ0v) is 15.8. The number of thiazole rings is 1. The van der Waals surface area contributed by atoms with Crippen LogP contribution in [0.25, 0.3) is 0 Å². The molecule has 0 bridgehead atoms. The Bertz CT molecular complexity index is 925. The minimum Gasteiger partial charge on any atom is -0.494 e. The predicted octanol–water partition coefficient (Wildman–Crippen LogP) is 4.36. The van der Waals surface area contributed by atoms with E-state index in [0.717, 1.165) is 10.8 Å². The first kappa shape index (κ1) is 18.8. The molecule has 7 heteroatoms. The summed E-state index contributed by atoms with van der Waals surface area (Å²) in [6.45, 7) is 2.37. The molecule has 0 saturated heterocycles. The van der Waals surface area contributed by atoms with E-state index in [1.807, 2.05) is 36.6 Å². The zero-order chi connectivity index (χ0) is 19.2. The molecule has 1 aromatic heterocycles. The topological polar surface area (TPSA) is 60.5 Å². The molecular weight excluding hydrogens is 367 g/mol. The highest BCUT2D eigenvalue weighted by molar-refractivity contribution is 7.09. The third-order valence-corrected chi connectivity index (χ3v) is 4.63. The van der Waals surface area contributed by atoms with Gasteiger partial charge in [-0.2, -0.15) is 0 Å². The molecule has 0 unspecified atom stereocenters. The second kappa shape index (κ2) is 8.64. The Labute approximate surface area is 160 Å². The summed E-state index contributed by atoms with van der Waals surface area (Å²) in [5.41, 5.74) is 2.24. The van der Waals surface area contributed by atoms with Gasteiger partial charge in [0.15, 0.2) is 0 Å². The first-order valence-corrected chi connectivity index (χ1v) is 9.17. The van der Waals surface area contributed by atoms with Gasteiger partial charge in [0.2, 0.25) is 5.91 Å². The Morgan fingerprint density at radius 3 is 2.74 bits per heavy atom. The maximum Gasteiger partial charge on any atom is 0.230 e. The van der Waals surface area contributed by atoms with Crippen molar-refractivity contribution in [3.05, 3.63) is 69.9 Å². The maximum atomic E-state index is 13.2. The number of hydrogen-bond donors (Lipinski definition) is 1. The maximum absolute atomic E-state index is 13.2. The molecular formula is C20H19FN2O3S. The Morgan fingerprint density at radius 2 is 2.00 bits per heavy atom. The van der Waals surface area contributed by atoms with Gasteiger partial charge in [0.25, 0.3) is 0 Å². The summed E-state index contributed by atoms with van der Waals surface area (Å²) in [6, 6.07) is 11.7. The molecule has 0 spiro atoms. The normalized spacial score (nSPS) is 10.5. The summed E-state index contributed by atoms with van der Waals surface area (Å²) in [7, 11) is 1.42. The van der Waals surface area contributed by atoms with Crippen LogP contribution in [-0.2, 0) is 17.8 Å². The van der Waals surface area contributed by atoms with Crippen molar-refractivity contribution in [2.45, 2.75) is 20.0 Å². The molecule has 1 heterocycles. The third kappa shape index (κ3) is 5.27. The quantitative estimate of drug-likeness (QED) is 0.655. The van der Waals surface area contributed by atoms with Crippen molar-refractivity contribution in [2.24, 2.45) is 0 Å². The van der Waals surface area contributed by atoms with E-state index in [2.05, 4.69) is 10.3 Å². The molecule has 0 atom stereocenters. The lowest BCUT2D eigenvalue weighted by atomic mass is 10.2. The lowest BCUT2D eigenvalue weighted by Gasteiger charge is -2.09. The van der Waals surface area contributed by atoms with Gasteiger partial charge >= 0.3 is 0 Å². The van der Waals surface area contributed by atoms with Gasteiger partial charge < -0.3 is 14.8 Å². The van der Waals surface area contributed by atoms with Crippen LogP contribution in [0.15, 0.2) is 47.8 Å². The SMILES string of the molecule is COc1cc(F)ccc1NC(=O)Cc1csc(COc2ccc(C)cc2)n1. The van der Waals surface area contributed by atoms with E-state index in [-0.39, 0.29) is 18.1 Å². The molecule has 3 aromatic rings. The fourth-order valence-corrected chi connectivity index (χ4v) is 3.11. The van der Waals surface area contributed by atoms with Gasteiger partial charge in [0, 0.05) is 11.4 Å². The van der Waals surface area contributed by atoms with Crippen LogP contribution in [0.2, 0.25) is 0 Å². The number of methoxy groups -OCH3 is 1. The van der Waals surface area contributed by atoms with Crippen LogP contribution in [0.4, 0.5) is 10.1 Å². The number of ether oxygens (including phenoxy) is 2. The van der Waals surface area contributed by atoms with Crippen molar-refractivity contribution in [1.29, 1.82) is 0 Å². The van der Waals surface area contributed by atoms with E-state index >= 15 is 0 Å². The smallest absolute Gasteiger partial charge is 0.230 e. The van der Waals surface area contributed by atoms with Crippen LogP contribution < -0.4 is 14.8 Å². The van der Waals surface area contributed by atoms with Crippen LogP contribution in [0, 0.1) is 12.7 Å². The average Bonchev–Trinajstić information content (AvgIpc) is 3.10. The summed E-state index contributed by atoms with van der Waals surface area (Å²) in [5.74, 6) is 0.367. The van der Waals surface area contributed by atoms with Gasteiger partial charge in [-0.25, -0.2) is 9.37 Å². The van der Waals surface area contributed by atoms with E-state index in [1.54, 1.807) is 0 Å². The van der Waals surface area contributed by atoms with Gasteiger partial charge in [-0.05, 0) is 31.2 Å². The number of anilines is 1. The number of aromatic nitrogens is 1. The molecule has 3 rings (SSSR count). The molecule has 27 heavy (non-hydrogen) atoms. The van der Waals surface area contributed by atoms with Gasteiger partial charge in [0.1, 0.15) is 28.9 Å². The highest BCUT2D eigenvalue weighted by atomic mass is 32.1. The van der Waals surface area contributed by atoms with Crippen molar-refractivity contribution < 1.29 is 18.7 Å². The van der Waals surface area contributed by atoms with E-state index in [1.165, 1.54) is 42.2 Å². The molecule has 1 amide bonds. The van der Waals surface area contributed by atoms with E-state index in [0.29, 0.717) is 18.0 Å². The summed E-state index contributed by atoms with van der Waals surface area (Å²) in [5, 5.41) is 5.33. The minimum absolute atomic E-state index is 0.113. The monoisotopic (exact) mass is 386 g/mol. The largest absolute Gasteiger partial charge is 0.494 e. The molecule has 140 valence electrons. The number of nitrogens with zero attached hydrogens (tertiary/aromatic N) is 1. The number of halogens is 1. The first-order valence-electron chi connectivity index (χ1n) is 8.29. The first-order chi connectivity index (χ1) is 13.0. The van der Waals surface area contributed by atoms with Crippen LogP contribution in [0.1, 0.15) is 16.3 Å². The van der Waals surface area contributed by atoms with E-state index in [9.17, 15) is 9.18 Å². The van der Waals surface area contributed by atoms with Crippen molar-refractivity contribution >= 4 is 22.9 Å². The minimum atomic E-state index is -0.428. The number of carbonyl (C=O) groups excluding carboxylic acids is 1. The highest BCUT2D eigenvalue weighted by Gasteiger charge is 2.12. The lowest BCUT2D eigenvalue weighted by molar-refractivity contribution is -0.115. The van der Waals surface area contributed by atoms with E-state index in [4.69, 9.17) is 9.47 Å². The second-order valence-corrected chi connectivity index (χ2v) is 6.85. The van der Waals surface area contributed by atoms with Crippen LogP contribution in [-0.4, -0.2) is 18.0 Å². The van der Waals surface area contributed by atoms with Crippen LogP contribution in [0.5, 0.6) is 11.5 Å². The van der Waals surface area contributed by atoms with Gasteiger partial charge in [-0.1, -0.05) is 17.7 Å². The van der Waals surface area contributed by atoms with Crippen molar-refractivity contribution in [3.8, 4) is 11.5 Å². The van der Waals surface area contributed by atoms with Gasteiger partial charge in [-0.15, -0.1) is 11.3 Å². The number of nitrogens with one attached hydrogen (secondary N) is 1. The fourth-order valence-electron chi connectivity index (χ4n) is 2.40. The van der Waals surface area contributed by atoms with Gasteiger partial charge in [0.05, 0.1) is 24.9 Å². The Morgan fingerprint density at radius 1 is 1.22 bits per heavy atom. The van der Waals surface area contributed by atoms with Crippen molar-refractivity contribution in [1.82, 2.24) is 4.98 Å². The number of carbonyl (C=O) groups is 1. The summed E-state index contributed by atoms with van der Waals surface area (Å²) >= 11 is 1.44. The van der Waals surface area contributed by atoms with Crippen molar-refractivity contribution in [3.63, 3.8) is 0 Å². The fraction of sp³-hybridized carbons (Fsp3) is 0.200. The molecule has 0 aliphatic carbocycles. The number of benzene rings is 2. The van der Waals surface area contributed by atoms with Crippen LogP contribution >= 0.6 is 11.3 Å². The Balaban J connectivity index is 1.55. The average molecular weight is 386 g/mol. The van der Waals surface area contributed by atoms with Gasteiger partial charge in [-0.3, -0.25) is 4.79 Å². The Kier molecular flexibility index (Phi) is 6.03. The van der Waals surface area contributed by atoms with Crippen molar-refractivity contribution in [2.75, 3.05) is 12.4 Å². The summed E-state index contributed by atoms with van der Waals surface area (Å²) in [6.07, 6.45) is 0.113. The molecule has 0 aliphatic heterocycles. The standard InChI is InChI=1S/C20H19FN2O3S/c1-13-3-6-16(7-4-13)26-11-20-22-15(12-27-20)10-19(24)23-17-8-5-14(21)9-18(17)25-2/h3-9,12H,10-11H2,1-2H3,(H,23,24). The Hall–Kier alpha value is -2.93.